The molecule has 36 heavy (non-hydrogen) atoms. The van der Waals surface area contributed by atoms with Crippen LogP contribution in [0.15, 0.2) is 67.6 Å². The van der Waals surface area contributed by atoms with Gasteiger partial charge in [-0.25, -0.2) is 15.0 Å². The van der Waals surface area contributed by atoms with Crippen LogP contribution >= 0.6 is 0 Å². The number of aromatic nitrogens is 4. The predicted octanol–water partition coefficient (Wildman–Crippen LogP) is 3.97. The van der Waals surface area contributed by atoms with Crippen LogP contribution in [-0.4, -0.2) is 48.0 Å². The summed E-state index contributed by atoms with van der Waals surface area (Å²) in [5.41, 5.74) is 10.0. The van der Waals surface area contributed by atoms with E-state index in [1.165, 1.54) is 0 Å². The molecule has 1 aliphatic heterocycles. The number of nitrogens with one attached hydrogen (secondary N) is 1. The van der Waals surface area contributed by atoms with Crippen LogP contribution < -0.4 is 11.1 Å². The molecule has 0 bridgehead atoms. The minimum Gasteiger partial charge on any atom is -0.382 e. The number of pyridine rings is 1. The Morgan fingerprint density at radius 3 is 2.86 bits per heavy atom. The second-order valence-electron chi connectivity index (χ2n) is 8.95. The third kappa shape index (κ3) is 4.34. The number of amides is 1. The van der Waals surface area contributed by atoms with Crippen molar-refractivity contribution >= 4 is 23.1 Å². The van der Waals surface area contributed by atoms with Gasteiger partial charge in [-0.1, -0.05) is 25.1 Å². The van der Waals surface area contributed by atoms with Crippen molar-refractivity contribution in [3.8, 4) is 11.3 Å². The molecule has 1 saturated heterocycles. The lowest BCUT2D eigenvalue weighted by molar-refractivity contribution is -0.0128. The van der Waals surface area contributed by atoms with Gasteiger partial charge in [-0.15, -0.1) is 0 Å². The lowest BCUT2D eigenvalue weighted by atomic mass is 10.0. The molecule has 1 fully saturated rings. The van der Waals surface area contributed by atoms with Crippen molar-refractivity contribution in [3.05, 3.63) is 84.6 Å². The monoisotopic (exact) mass is 483 g/mol. The van der Waals surface area contributed by atoms with Crippen molar-refractivity contribution in [1.82, 2.24) is 24.3 Å². The highest BCUT2D eigenvalue weighted by Crippen LogP contribution is 2.37. The van der Waals surface area contributed by atoms with Crippen molar-refractivity contribution in [2.45, 2.75) is 38.5 Å². The van der Waals surface area contributed by atoms with E-state index < -0.39 is 6.23 Å². The Kier molecular flexibility index (Phi) is 6.49. The molecule has 9 heteroatoms. The van der Waals surface area contributed by atoms with Crippen LogP contribution in [0.5, 0.6) is 0 Å². The minimum absolute atomic E-state index is 0.0986. The summed E-state index contributed by atoms with van der Waals surface area (Å²) < 4.78 is 1.97. The molecule has 4 aromatic rings. The fraction of sp³-hybridized carbons (Fsp3) is 0.259. The Bertz CT molecular complexity index is 1420. The second-order valence-corrected chi connectivity index (χ2v) is 8.95. The number of imidazole rings is 1. The maximum absolute atomic E-state index is 12.8. The number of likely N-dealkylation sites (tertiary alicyclic amines) is 1. The molecule has 1 aromatic carbocycles. The van der Waals surface area contributed by atoms with Crippen molar-refractivity contribution in [2.75, 3.05) is 17.6 Å². The van der Waals surface area contributed by atoms with Gasteiger partial charge < -0.3 is 16.2 Å². The van der Waals surface area contributed by atoms with Crippen LogP contribution in [-0.2, 0) is 0 Å². The van der Waals surface area contributed by atoms with Gasteiger partial charge in [-0.2, -0.15) is 0 Å². The van der Waals surface area contributed by atoms with E-state index >= 15 is 0 Å². The highest BCUT2D eigenvalue weighted by atomic mass is 16.3. The molecule has 4 heterocycles. The molecule has 4 N–H and O–H groups in total. The number of nitrogens with two attached hydrogens (primary N) is 1. The Hall–Kier alpha value is -4.08. The Morgan fingerprint density at radius 1 is 1.25 bits per heavy atom. The Balaban J connectivity index is 1.55. The summed E-state index contributed by atoms with van der Waals surface area (Å²) in [6, 6.07) is 10.7. The molecule has 3 aromatic heterocycles. The summed E-state index contributed by atoms with van der Waals surface area (Å²) in [5.74, 6) is 1.42. The number of piperidine rings is 1. The fourth-order valence-corrected chi connectivity index (χ4v) is 4.89. The number of hydrogen-bond acceptors (Lipinski definition) is 7. The lowest BCUT2D eigenvalue weighted by Crippen LogP contribution is -2.41. The summed E-state index contributed by atoms with van der Waals surface area (Å²) >= 11 is 0. The number of hydrogen-bond donors (Lipinski definition) is 3. The first kappa shape index (κ1) is 23.7. The third-order valence-corrected chi connectivity index (χ3v) is 6.65. The number of nitrogens with zero attached hydrogens (tertiary/aromatic N) is 5. The first-order valence-electron chi connectivity index (χ1n) is 12.0. The van der Waals surface area contributed by atoms with Gasteiger partial charge in [0.25, 0.3) is 5.91 Å². The minimum atomic E-state index is -0.760. The zero-order valence-electron chi connectivity index (χ0n) is 20.1. The molecule has 0 radical (unpaired) electrons. The van der Waals surface area contributed by atoms with E-state index in [9.17, 15) is 9.90 Å². The van der Waals surface area contributed by atoms with Gasteiger partial charge in [0.05, 0.1) is 6.04 Å². The predicted molar refractivity (Wildman–Crippen MR) is 139 cm³/mol. The maximum Gasteiger partial charge on any atom is 0.256 e. The Morgan fingerprint density at radius 2 is 2.11 bits per heavy atom. The van der Waals surface area contributed by atoms with Gasteiger partial charge in [-0.3, -0.25) is 14.1 Å². The summed E-state index contributed by atoms with van der Waals surface area (Å²) in [5, 5.41) is 13.4. The zero-order valence-corrected chi connectivity index (χ0v) is 20.1. The van der Waals surface area contributed by atoms with Gasteiger partial charge >= 0.3 is 0 Å². The quantitative estimate of drug-likeness (QED) is 0.355. The van der Waals surface area contributed by atoms with E-state index in [1.807, 2.05) is 40.6 Å². The lowest BCUT2D eigenvalue weighted by Gasteiger charge is -2.37. The van der Waals surface area contributed by atoms with Crippen LogP contribution in [0.3, 0.4) is 0 Å². The SMILES string of the molecule is C=CC(O)N1CCCC[C@H]1c1nc(-c2ccc(C(=O)Nc3ccccn3)cc2C)c2c(N)nccn12. The molecule has 184 valence electrons. The van der Waals surface area contributed by atoms with Crippen molar-refractivity contribution in [3.63, 3.8) is 0 Å². The van der Waals surface area contributed by atoms with Crippen LogP contribution in [0, 0.1) is 6.92 Å². The van der Waals surface area contributed by atoms with Crippen LogP contribution in [0.4, 0.5) is 11.6 Å². The van der Waals surface area contributed by atoms with E-state index in [-0.39, 0.29) is 11.9 Å². The number of fused-ring (bicyclic) bond motifs is 1. The van der Waals surface area contributed by atoms with E-state index in [0.29, 0.717) is 28.4 Å². The largest absolute Gasteiger partial charge is 0.382 e. The van der Waals surface area contributed by atoms with Crippen LogP contribution in [0.2, 0.25) is 0 Å². The first-order chi connectivity index (χ1) is 17.5. The number of benzene rings is 1. The number of aliphatic hydroxyl groups is 1. The standard InChI is InChI=1S/C27H29N7O2/c1-3-22(35)33-14-7-5-8-20(33)26-32-23(24-25(28)30-13-15-34(24)26)19-11-10-18(16-17(19)2)27(36)31-21-9-4-6-12-29-21/h3-4,6,9-13,15-16,20,22,35H,1,5,7-8,14H2,2H3,(H2,28,30)(H,29,31,36)/t20-,22?/m0/s1. The fourth-order valence-electron chi connectivity index (χ4n) is 4.89. The van der Waals surface area contributed by atoms with Gasteiger partial charge in [0.2, 0.25) is 0 Å². The number of rotatable bonds is 6. The maximum atomic E-state index is 12.8. The van der Waals surface area contributed by atoms with E-state index in [2.05, 4.69) is 21.9 Å². The Labute approximate surface area is 209 Å². The highest BCUT2D eigenvalue weighted by molar-refractivity contribution is 6.04. The number of aliphatic hydroxyl groups excluding tert-OH is 1. The van der Waals surface area contributed by atoms with E-state index in [0.717, 1.165) is 42.8 Å². The first-order valence-corrected chi connectivity index (χ1v) is 12.0. The molecule has 9 nitrogen and oxygen atoms in total. The number of carbonyl (C=O) groups is 1. The number of carbonyl (C=O) groups excluding carboxylic acids is 1. The molecule has 0 aliphatic carbocycles. The van der Waals surface area contributed by atoms with Crippen molar-refractivity contribution in [2.24, 2.45) is 0 Å². The molecule has 5 rings (SSSR count). The van der Waals surface area contributed by atoms with E-state index in [1.54, 1.807) is 36.7 Å². The average molecular weight is 484 g/mol. The molecule has 1 unspecified atom stereocenters. The molecular weight excluding hydrogens is 454 g/mol. The molecule has 0 spiro atoms. The van der Waals surface area contributed by atoms with Gasteiger partial charge in [0.1, 0.15) is 34.9 Å². The van der Waals surface area contributed by atoms with Crippen molar-refractivity contribution < 1.29 is 9.90 Å². The number of anilines is 2. The topological polar surface area (TPSA) is 122 Å². The van der Waals surface area contributed by atoms with Gasteiger partial charge in [-0.05, 0) is 55.7 Å². The van der Waals surface area contributed by atoms with Crippen molar-refractivity contribution in [1.29, 1.82) is 0 Å². The van der Waals surface area contributed by atoms with Gasteiger partial charge in [0.15, 0.2) is 0 Å². The third-order valence-electron chi connectivity index (χ3n) is 6.65. The molecule has 1 amide bonds. The molecular formula is C27H29N7O2. The summed E-state index contributed by atoms with van der Waals surface area (Å²) in [4.78, 5) is 28.3. The highest BCUT2D eigenvalue weighted by Gasteiger charge is 2.32. The molecule has 1 aliphatic rings. The molecule has 0 saturated carbocycles. The smallest absolute Gasteiger partial charge is 0.256 e. The number of nitrogen functional groups attached to an aromatic ring is 1. The van der Waals surface area contributed by atoms with Crippen LogP contribution in [0.25, 0.3) is 16.8 Å². The van der Waals surface area contributed by atoms with Gasteiger partial charge in [0, 0.05) is 36.3 Å². The summed E-state index contributed by atoms with van der Waals surface area (Å²) in [7, 11) is 0. The summed E-state index contributed by atoms with van der Waals surface area (Å²) in [6.07, 6.45) is 8.83. The number of aryl methyl sites for hydroxylation is 1. The normalized spacial score (nSPS) is 17.1. The second kappa shape index (κ2) is 9.88. The average Bonchev–Trinajstić information content (AvgIpc) is 3.29. The summed E-state index contributed by atoms with van der Waals surface area (Å²) in [6.45, 7) is 6.46. The molecule has 2 atom stereocenters. The van der Waals surface area contributed by atoms with E-state index in [4.69, 9.17) is 10.7 Å². The zero-order chi connectivity index (χ0) is 25.2. The van der Waals surface area contributed by atoms with Crippen LogP contribution in [0.1, 0.15) is 47.1 Å².